The second-order valence-electron chi connectivity index (χ2n) is 6.14. The van der Waals surface area contributed by atoms with Crippen molar-refractivity contribution in [3.63, 3.8) is 0 Å². The van der Waals surface area contributed by atoms with Crippen LogP contribution in [0.2, 0.25) is 0 Å². The Hall–Kier alpha value is -1.04. The lowest BCUT2D eigenvalue weighted by atomic mass is 9.97. The van der Waals surface area contributed by atoms with Crippen molar-refractivity contribution < 1.29 is 13.9 Å². The Kier molecular flexibility index (Phi) is 5.67. The first-order valence-corrected chi connectivity index (χ1v) is 7.46. The van der Waals surface area contributed by atoms with Gasteiger partial charge in [-0.25, -0.2) is 8.78 Å². The number of benzene rings is 1. The maximum Gasteiger partial charge on any atom is 0.131 e. The second-order valence-corrected chi connectivity index (χ2v) is 6.14. The maximum absolute atomic E-state index is 13.6. The number of likely N-dealkylation sites (N-methyl/N-ethyl adjacent to an activating group) is 1. The van der Waals surface area contributed by atoms with E-state index in [1.165, 1.54) is 31.0 Å². The lowest BCUT2D eigenvalue weighted by Gasteiger charge is -2.33. The number of halogens is 2. The zero-order valence-electron chi connectivity index (χ0n) is 12.7. The highest BCUT2D eigenvalue weighted by Gasteiger charge is 2.22. The van der Waals surface area contributed by atoms with E-state index in [-0.39, 0.29) is 12.1 Å². The van der Waals surface area contributed by atoms with E-state index < -0.39 is 17.7 Å². The highest BCUT2D eigenvalue weighted by molar-refractivity contribution is 5.22. The highest BCUT2D eigenvalue weighted by Crippen LogP contribution is 2.22. The molecule has 0 radical (unpaired) electrons. The molecule has 2 atom stereocenters. The first-order valence-electron chi connectivity index (χ1n) is 7.46. The molecule has 1 aromatic rings. The van der Waals surface area contributed by atoms with Crippen LogP contribution in [0.4, 0.5) is 8.78 Å². The number of aliphatic hydroxyl groups excluding tert-OH is 1. The molecule has 0 aromatic heterocycles. The number of rotatable bonds is 5. The van der Waals surface area contributed by atoms with Crippen molar-refractivity contribution >= 4 is 0 Å². The first kappa shape index (κ1) is 16.3. The van der Waals surface area contributed by atoms with E-state index in [1.807, 2.05) is 11.9 Å². The fourth-order valence-electron chi connectivity index (χ4n) is 3.15. The van der Waals surface area contributed by atoms with Gasteiger partial charge in [0.15, 0.2) is 0 Å². The third-order valence-electron chi connectivity index (χ3n) is 4.11. The topological polar surface area (TPSA) is 26.7 Å². The summed E-state index contributed by atoms with van der Waals surface area (Å²) in [5.41, 5.74) is -0.231. The molecule has 21 heavy (non-hydrogen) atoms. The lowest BCUT2D eigenvalue weighted by molar-refractivity contribution is 0.0983. The number of piperidine rings is 1. The molecule has 118 valence electrons. The van der Waals surface area contributed by atoms with Crippen LogP contribution < -0.4 is 0 Å². The van der Waals surface area contributed by atoms with Gasteiger partial charge in [-0.3, -0.25) is 0 Å². The van der Waals surface area contributed by atoms with Gasteiger partial charge < -0.3 is 14.9 Å². The maximum atomic E-state index is 13.6. The van der Waals surface area contributed by atoms with E-state index in [0.29, 0.717) is 5.92 Å². The van der Waals surface area contributed by atoms with Crippen molar-refractivity contribution in [3.05, 3.63) is 35.4 Å². The molecule has 0 aliphatic carbocycles. The van der Waals surface area contributed by atoms with Crippen LogP contribution in [-0.4, -0.2) is 55.2 Å². The minimum absolute atomic E-state index is 0.231. The van der Waals surface area contributed by atoms with E-state index in [2.05, 4.69) is 11.9 Å². The van der Waals surface area contributed by atoms with Gasteiger partial charge in [-0.1, -0.05) is 6.07 Å². The lowest BCUT2D eigenvalue weighted by Crippen LogP contribution is -2.39. The van der Waals surface area contributed by atoms with E-state index in [1.54, 1.807) is 0 Å². The first-order chi connectivity index (χ1) is 9.97. The van der Waals surface area contributed by atoms with Crippen LogP contribution in [0.25, 0.3) is 0 Å². The van der Waals surface area contributed by atoms with Crippen molar-refractivity contribution in [2.45, 2.75) is 18.9 Å². The Morgan fingerprint density at radius 3 is 2.67 bits per heavy atom. The SMILES string of the molecule is CN1CCCC(CN(C)CC(O)c2c(F)cccc2F)C1. The summed E-state index contributed by atoms with van der Waals surface area (Å²) in [6, 6.07) is 3.66. The van der Waals surface area contributed by atoms with E-state index in [9.17, 15) is 13.9 Å². The summed E-state index contributed by atoms with van der Waals surface area (Å²) >= 11 is 0. The second kappa shape index (κ2) is 7.29. The van der Waals surface area contributed by atoms with Crippen LogP contribution in [0.15, 0.2) is 18.2 Å². The Morgan fingerprint density at radius 2 is 2.05 bits per heavy atom. The van der Waals surface area contributed by atoms with E-state index in [0.717, 1.165) is 19.6 Å². The van der Waals surface area contributed by atoms with Crippen LogP contribution in [-0.2, 0) is 0 Å². The normalized spacial score (nSPS) is 21.7. The molecule has 1 N–H and O–H groups in total. The monoisotopic (exact) mass is 298 g/mol. The third-order valence-corrected chi connectivity index (χ3v) is 4.11. The molecular formula is C16H24F2N2O. The van der Waals surface area contributed by atoms with Gasteiger partial charge in [0.05, 0.1) is 11.7 Å². The summed E-state index contributed by atoms with van der Waals surface area (Å²) in [5, 5.41) is 10.1. The van der Waals surface area contributed by atoms with Crippen molar-refractivity contribution in [3.8, 4) is 0 Å². The zero-order valence-corrected chi connectivity index (χ0v) is 12.7. The molecule has 0 saturated carbocycles. The molecule has 1 saturated heterocycles. The van der Waals surface area contributed by atoms with Gasteiger partial charge in [-0.15, -0.1) is 0 Å². The molecule has 1 aromatic carbocycles. The minimum atomic E-state index is -1.14. The zero-order chi connectivity index (χ0) is 15.4. The number of hydrogen-bond acceptors (Lipinski definition) is 3. The predicted octanol–water partition coefficient (Wildman–Crippen LogP) is 2.27. The van der Waals surface area contributed by atoms with Gasteiger partial charge in [0.25, 0.3) is 0 Å². The summed E-state index contributed by atoms with van der Waals surface area (Å²) in [4.78, 5) is 4.26. The molecule has 0 bridgehead atoms. The molecule has 3 nitrogen and oxygen atoms in total. The van der Waals surface area contributed by atoms with Crippen molar-refractivity contribution in [1.82, 2.24) is 9.80 Å². The van der Waals surface area contributed by atoms with Gasteiger partial charge >= 0.3 is 0 Å². The predicted molar refractivity (Wildman–Crippen MR) is 79.0 cm³/mol. The van der Waals surface area contributed by atoms with Crippen LogP contribution >= 0.6 is 0 Å². The van der Waals surface area contributed by atoms with Crippen LogP contribution in [0, 0.1) is 17.6 Å². The quantitative estimate of drug-likeness (QED) is 0.903. The Balaban J connectivity index is 1.91. The third kappa shape index (κ3) is 4.46. The number of nitrogens with zero attached hydrogens (tertiary/aromatic N) is 2. The fourth-order valence-corrected chi connectivity index (χ4v) is 3.15. The van der Waals surface area contributed by atoms with E-state index in [4.69, 9.17) is 0 Å². The largest absolute Gasteiger partial charge is 0.387 e. The molecule has 2 unspecified atom stereocenters. The summed E-state index contributed by atoms with van der Waals surface area (Å²) in [6.45, 7) is 3.23. The van der Waals surface area contributed by atoms with Crippen LogP contribution in [0.3, 0.4) is 0 Å². The number of hydrogen-bond donors (Lipinski definition) is 1. The Bertz CT molecular complexity index is 449. The smallest absolute Gasteiger partial charge is 0.131 e. The Labute approximate surface area is 125 Å². The van der Waals surface area contributed by atoms with Gasteiger partial charge in [0, 0.05) is 19.6 Å². The van der Waals surface area contributed by atoms with Crippen molar-refractivity contribution in [2.24, 2.45) is 5.92 Å². The van der Waals surface area contributed by atoms with E-state index >= 15 is 0 Å². The van der Waals surface area contributed by atoms with Gasteiger partial charge in [-0.2, -0.15) is 0 Å². The van der Waals surface area contributed by atoms with Gasteiger partial charge in [0.1, 0.15) is 11.6 Å². The molecule has 2 rings (SSSR count). The molecule has 1 heterocycles. The molecule has 0 spiro atoms. The van der Waals surface area contributed by atoms with Crippen molar-refractivity contribution in [1.29, 1.82) is 0 Å². The summed E-state index contributed by atoms with van der Waals surface area (Å²) in [7, 11) is 3.99. The summed E-state index contributed by atoms with van der Waals surface area (Å²) in [5.74, 6) is -0.826. The van der Waals surface area contributed by atoms with Gasteiger partial charge in [-0.05, 0) is 51.5 Å². The summed E-state index contributed by atoms with van der Waals surface area (Å²) in [6.07, 6.45) is 1.20. The number of aliphatic hydroxyl groups is 1. The molecule has 0 amide bonds. The standard InChI is InChI=1S/C16H24F2N2O/c1-19-8-4-5-12(9-19)10-20(2)11-15(21)16-13(17)6-3-7-14(16)18/h3,6-7,12,15,21H,4-5,8-11H2,1-2H3. The van der Waals surface area contributed by atoms with Crippen molar-refractivity contribution in [2.75, 3.05) is 40.3 Å². The average molecular weight is 298 g/mol. The molecule has 5 heteroatoms. The number of likely N-dealkylation sites (tertiary alicyclic amines) is 1. The van der Waals surface area contributed by atoms with Gasteiger partial charge in [0.2, 0.25) is 0 Å². The fraction of sp³-hybridized carbons (Fsp3) is 0.625. The summed E-state index contributed by atoms with van der Waals surface area (Å²) < 4.78 is 27.3. The molecule has 1 fully saturated rings. The highest BCUT2D eigenvalue weighted by atomic mass is 19.1. The Morgan fingerprint density at radius 1 is 1.38 bits per heavy atom. The van der Waals surface area contributed by atoms with Crippen LogP contribution in [0.5, 0.6) is 0 Å². The molecule has 1 aliphatic heterocycles. The molecule has 1 aliphatic rings. The average Bonchev–Trinajstić information content (AvgIpc) is 2.38. The molecular weight excluding hydrogens is 274 g/mol. The minimum Gasteiger partial charge on any atom is -0.387 e. The van der Waals surface area contributed by atoms with Crippen LogP contribution in [0.1, 0.15) is 24.5 Å².